The van der Waals surface area contributed by atoms with E-state index in [1.165, 1.54) is 9.88 Å². The van der Waals surface area contributed by atoms with E-state index < -0.39 is 0 Å². The summed E-state index contributed by atoms with van der Waals surface area (Å²) in [5.74, 6) is 0.907. The Labute approximate surface area is 173 Å². The highest BCUT2D eigenvalue weighted by Crippen LogP contribution is 2.16. The molecule has 0 saturated carbocycles. The van der Waals surface area contributed by atoms with Crippen LogP contribution in [0.25, 0.3) is 0 Å². The summed E-state index contributed by atoms with van der Waals surface area (Å²) in [6, 6.07) is 0.489. The van der Waals surface area contributed by atoms with Gasteiger partial charge in [0, 0.05) is 50.1 Å². The topological polar surface area (TPSA) is 55.8 Å². The largest absolute Gasteiger partial charge is 0.357 e. The summed E-state index contributed by atoms with van der Waals surface area (Å²) < 4.78 is 0. The molecule has 25 heavy (non-hydrogen) atoms. The third-order valence-electron chi connectivity index (χ3n) is 4.49. The van der Waals surface area contributed by atoms with Crippen LogP contribution in [0.1, 0.15) is 22.5 Å². The Bertz CT molecular complexity index is 528. The summed E-state index contributed by atoms with van der Waals surface area (Å²) in [4.78, 5) is 15.5. The molecule has 1 unspecified atom stereocenters. The zero-order valence-electron chi connectivity index (χ0n) is 16.1. The lowest BCUT2D eigenvalue weighted by molar-refractivity contribution is 0.119. The van der Waals surface area contributed by atoms with Crippen LogP contribution < -0.4 is 10.6 Å². The van der Waals surface area contributed by atoms with Crippen molar-refractivity contribution >= 4 is 41.3 Å². The maximum absolute atomic E-state index is 4.79. The van der Waals surface area contributed by atoms with Gasteiger partial charge in [0.2, 0.25) is 0 Å². The van der Waals surface area contributed by atoms with Crippen LogP contribution in [0, 0.1) is 13.8 Å². The van der Waals surface area contributed by atoms with E-state index in [0.29, 0.717) is 6.04 Å². The molecule has 0 bridgehead atoms. The fraction of sp³-hybridized carbons (Fsp3) is 0.765. The number of likely N-dealkylation sites (N-methyl/N-ethyl adjacent to an activating group) is 2. The first kappa shape index (κ1) is 22.6. The molecule has 0 radical (unpaired) electrons. The average Bonchev–Trinajstić information content (AvgIpc) is 2.86. The molecule has 1 aromatic rings. The molecule has 1 aliphatic rings. The van der Waals surface area contributed by atoms with E-state index >= 15 is 0 Å². The van der Waals surface area contributed by atoms with Gasteiger partial charge < -0.3 is 15.5 Å². The highest BCUT2D eigenvalue weighted by Gasteiger charge is 2.21. The number of halogens is 1. The molecule has 2 heterocycles. The van der Waals surface area contributed by atoms with Gasteiger partial charge in [0.15, 0.2) is 5.96 Å². The molecular weight excluding hydrogens is 447 g/mol. The van der Waals surface area contributed by atoms with E-state index in [4.69, 9.17) is 4.99 Å². The van der Waals surface area contributed by atoms with E-state index in [-0.39, 0.29) is 24.0 Å². The Balaban J connectivity index is 0.00000312. The van der Waals surface area contributed by atoms with Gasteiger partial charge in [0.05, 0.1) is 17.2 Å². The quantitative estimate of drug-likeness (QED) is 0.369. The number of hydrogen-bond donors (Lipinski definition) is 2. The minimum absolute atomic E-state index is 0. The van der Waals surface area contributed by atoms with Crippen molar-refractivity contribution in [3.8, 4) is 0 Å². The predicted octanol–water partition coefficient (Wildman–Crippen LogP) is 1.72. The molecule has 8 heteroatoms. The minimum Gasteiger partial charge on any atom is -0.357 e. The van der Waals surface area contributed by atoms with Crippen LogP contribution in [-0.2, 0) is 6.42 Å². The highest BCUT2D eigenvalue weighted by molar-refractivity contribution is 14.0. The van der Waals surface area contributed by atoms with Gasteiger partial charge in [-0.05, 0) is 34.9 Å². The lowest BCUT2D eigenvalue weighted by Gasteiger charge is -2.36. The average molecular weight is 480 g/mol. The zero-order chi connectivity index (χ0) is 17.5. The lowest BCUT2D eigenvalue weighted by Crippen LogP contribution is -2.51. The van der Waals surface area contributed by atoms with Crippen LogP contribution in [0.4, 0.5) is 0 Å². The van der Waals surface area contributed by atoms with Crippen molar-refractivity contribution in [2.75, 3.05) is 53.4 Å². The molecule has 1 aromatic heterocycles. The fourth-order valence-electron chi connectivity index (χ4n) is 2.77. The van der Waals surface area contributed by atoms with Crippen molar-refractivity contribution in [3.63, 3.8) is 0 Å². The van der Waals surface area contributed by atoms with Crippen LogP contribution >= 0.6 is 35.3 Å². The van der Waals surface area contributed by atoms with Gasteiger partial charge in [0.1, 0.15) is 0 Å². The van der Waals surface area contributed by atoms with Gasteiger partial charge >= 0.3 is 0 Å². The molecule has 1 fully saturated rings. The van der Waals surface area contributed by atoms with Crippen molar-refractivity contribution in [2.24, 2.45) is 4.99 Å². The molecule has 6 nitrogen and oxygen atoms in total. The van der Waals surface area contributed by atoms with Gasteiger partial charge in [-0.2, -0.15) is 0 Å². The summed E-state index contributed by atoms with van der Waals surface area (Å²) in [7, 11) is 4.38. The maximum atomic E-state index is 4.79. The predicted molar refractivity (Wildman–Crippen MR) is 119 cm³/mol. The summed E-state index contributed by atoms with van der Waals surface area (Å²) >= 11 is 1.79. The van der Waals surface area contributed by atoms with Crippen LogP contribution in [-0.4, -0.2) is 80.1 Å². The van der Waals surface area contributed by atoms with Crippen molar-refractivity contribution < 1.29 is 0 Å². The molecule has 0 spiro atoms. The Hall–Kier alpha value is -0.450. The highest BCUT2D eigenvalue weighted by atomic mass is 127. The van der Waals surface area contributed by atoms with Gasteiger partial charge in [-0.15, -0.1) is 35.3 Å². The van der Waals surface area contributed by atoms with Crippen LogP contribution in [0.2, 0.25) is 0 Å². The molecule has 2 rings (SSSR count). The number of rotatable bonds is 6. The van der Waals surface area contributed by atoms with Gasteiger partial charge in [0.25, 0.3) is 0 Å². The third kappa shape index (κ3) is 7.36. The Morgan fingerprint density at radius 2 is 2.04 bits per heavy atom. The SMILES string of the molecule is CCNC(=NCC1CN(C)CCN1C)NCCc1nc(C)c(C)s1.I. The second kappa shape index (κ2) is 11.3. The first-order chi connectivity index (χ1) is 11.5. The molecule has 1 aliphatic heterocycles. The molecule has 2 N–H and O–H groups in total. The number of aliphatic imine (C=N–C) groups is 1. The molecule has 0 aromatic carbocycles. The summed E-state index contributed by atoms with van der Waals surface area (Å²) in [5, 5.41) is 7.97. The Morgan fingerprint density at radius 3 is 2.68 bits per heavy atom. The third-order valence-corrected chi connectivity index (χ3v) is 5.62. The number of piperazine rings is 1. The van der Waals surface area contributed by atoms with Crippen LogP contribution in [0.5, 0.6) is 0 Å². The first-order valence-electron chi connectivity index (χ1n) is 8.83. The summed E-state index contributed by atoms with van der Waals surface area (Å²) in [5.41, 5.74) is 1.15. The van der Waals surface area contributed by atoms with Crippen molar-refractivity contribution in [3.05, 3.63) is 15.6 Å². The molecular formula is C17H33IN6S. The van der Waals surface area contributed by atoms with Gasteiger partial charge in [-0.25, -0.2) is 4.98 Å². The Kier molecular flexibility index (Phi) is 10.2. The second-order valence-electron chi connectivity index (χ2n) is 6.54. The van der Waals surface area contributed by atoms with Crippen molar-refractivity contribution in [1.29, 1.82) is 0 Å². The smallest absolute Gasteiger partial charge is 0.191 e. The first-order valence-corrected chi connectivity index (χ1v) is 9.65. The Morgan fingerprint density at radius 1 is 1.28 bits per heavy atom. The summed E-state index contributed by atoms with van der Waals surface area (Å²) in [6.07, 6.45) is 0.940. The lowest BCUT2D eigenvalue weighted by atomic mass is 10.2. The standard InChI is InChI=1S/C17H32N6S.HI/c1-6-18-17(19-8-7-16-21-13(2)14(3)24-16)20-11-15-12-22(4)9-10-23(15)5;/h15H,6-12H2,1-5H3,(H2,18,19,20);1H. The van der Waals surface area contributed by atoms with Gasteiger partial charge in [-0.1, -0.05) is 0 Å². The minimum atomic E-state index is 0. The number of aromatic nitrogens is 1. The molecule has 0 amide bonds. The number of nitrogens with one attached hydrogen (secondary N) is 2. The normalized spacial score (nSPS) is 19.6. The number of guanidine groups is 1. The summed E-state index contributed by atoms with van der Waals surface area (Å²) in [6.45, 7) is 12.2. The fourth-order valence-corrected chi connectivity index (χ4v) is 3.70. The molecule has 0 aliphatic carbocycles. The van der Waals surface area contributed by atoms with Crippen LogP contribution in [0.3, 0.4) is 0 Å². The number of thiazole rings is 1. The monoisotopic (exact) mass is 480 g/mol. The molecule has 1 atom stereocenters. The number of hydrogen-bond acceptors (Lipinski definition) is 5. The van der Waals surface area contributed by atoms with Crippen molar-refractivity contribution in [2.45, 2.75) is 33.2 Å². The molecule has 1 saturated heterocycles. The zero-order valence-corrected chi connectivity index (χ0v) is 19.3. The second-order valence-corrected chi connectivity index (χ2v) is 7.83. The maximum Gasteiger partial charge on any atom is 0.191 e. The van der Waals surface area contributed by atoms with Gasteiger partial charge in [-0.3, -0.25) is 9.89 Å². The van der Waals surface area contributed by atoms with E-state index in [1.807, 2.05) is 0 Å². The van der Waals surface area contributed by atoms with Crippen molar-refractivity contribution in [1.82, 2.24) is 25.4 Å². The van der Waals surface area contributed by atoms with E-state index in [2.05, 4.69) is 60.3 Å². The van der Waals surface area contributed by atoms with E-state index in [9.17, 15) is 0 Å². The number of aryl methyl sites for hydroxylation is 2. The van der Waals surface area contributed by atoms with Crippen LogP contribution in [0.15, 0.2) is 4.99 Å². The number of nitrogens with zero attached hydrogens (tertiary/aromatic N) is 4. The molecule has 144 valence electrons. The van der Waals surface area contributed by atoms with E-state index in [0.717, 1.165) is 57.3 Å². The van der Waals surface area contributed by atoms with E-state index in [1.54, 1.807) is 11.3 Å².